The van der Waals surface area contributed by atoms with Crippen molar-refractivity contribution in [2.75, 3.05) is 11.9 Å². The van der Waals surface area contributed by atoms with Gasteiger partial charge in [0.05, 0.1) is 0 Å². The van der Waals surface area contributed by atoms with Crippen LogP contribution in [0.4, 0.5) is 5.69 Å². The molecule has 1 nitrogen and oxygen atoms in total. The lowest BCUT2D eigenvalue weighted by molar-refractivity contribution is 0.975. The normalized spacial score (nSPS) is 21.3. The maximum Gasteiger partial charge on any atom is 0.0479 e. The van der Waals surface area contributed by atoms with Crippen molar-refractivity contribution < 1.29 is 0 Å². The van der Waals surface area contributed by atoms with Gasteiger partial charge in [-0.25, -0.2) is 0 Å². The van der Waals surface area contributed by atoms with E-state index in [0.717, 1.165) is 11.6 Å². The minimum absolute atomic E-state index is 0.635. The van der Waals surface area contributed by atoms with Gasteiger partial charge in [0.25, 0.3) is 0 Å². The standard InChI is InChI=1S/C9H10ClNS/c1-6-5-11-8-3-2-7(10)4-9(8)12-6/h2-4,6,11H,5H2,1H3. The smallest absolute Gasteiger partial charge is 0.0479 e. The molecule has 0 saturated carbocycles. The van der Waals surface area contributed by atoms with E-state index >= 15 is 0 Å². The number of hydrogen-bond acceptors (Lipinski definition) is 2. The lowest BCUT2D eigenvalue weighted by Crippen LogP contribution is -2.17. The van der Waals surface area contributed by atoms with E-state index in [1.165, 1.54) is 10.6 Å². The number of hydrogen-bond donors (Lipinski definition) is 1. The first-order valence-corrected chi connectivity index (χ1v) is 5.21. The van der Waals surface area contributed by atoms with E-state index in [1.807, 2.05) is 30.0 Å². The van der Waals surface area contributed by atoms with Crippen LogP contribution in [0.3, 0.4) is 0 Å². The Hall–Kier alpha value is -0.340. The molecule has 0 fully saturated rings. The summed E-state index contributed by atoms with van der Waals surface area (Å²) in [7, 11) is 0. The number of thioether (sulfide) groups is 1. The van der Waals surface area contributed by atoms with Gasteiger partial charge in [0, 0.05) is 27.4 Å². The largest absolute Gasteiger partial charge is 0.383 e. The van der Waals surface area contributed by atoms with E-state index in [0.29, 0.717) is 5.25 Å². The van der Waals surface area contributed by atoms with Crippen LogP contribution in [0.2, 0.25) is 5.02 Å². The average molecular weight is 200 g/mol. The van der Waals surface area contributed by atoms with Crippen LogP contribution in [-0.4, -0.2) is 11.8 Å². The van der Waals surface area contributed by atoms with E-state index < -0.39 is 0 Å². The summed E-state index contributed by atoms with van der Waals surface area (Å²) in [6, 6.07) is 5.98. The first-order chi connectivity index (χ1) is 5.75. The lowest BCUT2D eigenvalue weighted by Gasteiger charge is -2.22. The Labute approximate surface area is 81.5 Å². The highest BCUT2D eigenvalue weighted by Gasteiger charge is 2.14. The molecule has 0 saturated heterocycles. The molecule has 3 heteroatoms. The fourth-order valence-electron chi connectivity index (χ4n) is 1.25. The van der Waals surface area contributed by atoms with E-state index in [4.69, 9.17) is 11.6 Å². The topological polar surface area (TPSA) is 12.0 Å². The van der Waals surface area contributed by atoms with E-state index in [9.17, 15) is 0 Å². The molecule has 0 bridgehead atoms. The summed E-state index contributed by atoms with van der Waals surface area (Å²) < 4.78 is 0. The van der Waals surface area contributed by atoms with Gasteiger partial charge in [0.15, 0.2) is 0 Å². The minimum Gasteiger partial charge on any atom is -0.383 e. The van der Waals surface area contributed by atoms with Gasteiger partial charge in [-0.05, 0) is 18.2 Å². The zero-order valence-electron chi connectivity index (χ0n) is 6.80. The zero-order valence-corrected chi connectivity index (χ0v) is 8.38. The molecule has 12 heavy (non-hydrogen) atoms. The molecule has 64 valence electrons. The van der Waals surface area contributed by atoms with Crippen LogP contribution < -0.4 is 5.32 Å². The highest BCUT2D eigenvalue weighted by Crippen LogP contribution is 2.36. The Morgan fingerprint density at radius 1 is 1.58 bits per heavy atom. The summed E-state index contributed by atoms with van der Waals surface area (Å²) in [4.78, 5) is 1.27. The molecular formula is C9H10ClNS. The fourth-order valence-corrected chi connectivity index (χ4v) is 2.55. The molecule has 1 aliphatic heterocycles. The molecule has 1 aromatic carbocycles. The van der Waals surface area contributed by atoms with E-state index in [1.54, 1.807) is 0 Å². The predicted molar refractivity (Wildman–Crippen MR) is 55.3 cm³/mol. The van der Waals surface area contributed by atoms with Crippen LogP contribution in [0.5, 0.6) is 0 Å². The van der Waals surface area contributed by atoms with E-state index in [-0.39, 0.29) is 0 Å². The maximum atomic E-state index is 5.88. The molecule has 0 amide bonds. The van der Waals surface area contributed by atoms with Crippen molar-refractivity contribution in [3.63, 3.8) is 0 Å². The minimum atomic E-state index is 0.635. The average Bonchev–Trinajstić information content (AvgIpc) is 2.03. The second kappa shape index (κ2) is 3.19. The van der Waals surface area contributed by atoms with Crippen molar-refractivity contribution in [3.8, 4) is 0 Å². The van der Waals surface area contributed by atoms with Crippen LogP contribution in [0, 0.1) is 0 Å². The Morgan fingerprint density at radius 2 is 2.42 bits per heavy atom. The summed E-state index contributed by atoms with van der Waals surface area (Å²) in [5.41, 5.74) is 1.21. The molecule has 0 radical (unpaired) electrons. The van der Waals surface area contributed by atoms with Gasteiger partial charge < -0.3 is 5.32 Å². The van der Waals surface area contributed by atoms with Crippen LogP contribution >= 0.6 is 23.4 Å². The van der Waals surface area contributed by atoms with Crippen molar-refractivity contribution in [3.05, 3.63) is 23.2 Å². The number of halogens is 1. The Morgan fingerprint density at radius 3 is 3.25 bits per heavy atom. The lowest BCUT2D eigenvalue weighted by atomic mass is 10.3. The highest BCUT2D eigenvalue weighted by molar-refractivity contribution is 8.00. The first kappa shape index (κ1) is 8.27. The van der Waals surface area contributed by atoms with Crippen LogP contribution in [0.1, 0.15) is 6.92 Å². The summed E-state index contributed by atoms with van der Waals surface area (Å²) in [5, 5.41) is 4.81. The van der Waals surface area contributed by atoms with Crippen LogP contribution in [0.25, 0.3) is 0 Å². The maximum absolute atomic E-state index is 5.88. The Balaban J connectivity index is 2.37. The van der Waals surface area contributed by atoms with Gasteiger partial charge in [-0.3, -0.25) is 0 Å². The zero-order chi connectivity index (χ0) is 8.55. The molecule has 1 aliphatic rings. The van der Waals surface area contributed by atoms with Crippen molar-refractivity contribution >= 4 is 29.1 Å². The molecule has 1 unspecified atom stereocenters. The molecule has 1 N–H and O–H groups in total. The summed E-state index contributed by atoms with van der Waals surface area (Å²) in [5.74, 6) is 0. The third-order valence-electron chi connectivity index (χ3n) is 1.85. The molecule has 0 aromatic heterocycles. The monoisotopic (exact) mass is 199 g/mol. The van der Waals surface area contributed by atoms with Crippen molar-refractivity contribution in [2.24, 2.45) is 0 Å². The van der Waals surface area contributed by atoms with Gasteiger partial charge in [-0.2, -0.15) is 0 Å². The number of nitrogens with one attached hydrogen (secondary N) is 1. The summed E-state index contributed by atoms with van der Waals surface area (Å²) >= 11 is 7.76. The third-order valence-corrected chi connectivity index (χ3v) is 3.25. The molecule has 1 heterocycles. The van der Waals surface area contributed by atoms with Crippen molar-refractivity contribution in [1.82, 2.24) is 0 Å². The first-order valence-electron chi connectivity index (χ1n) is 3.96. The fraction of sp³-hybridized carbons (Fsp3) is 0.333. The van der Waals surface area contributed by atoms with Gasteiger partial charge in [-0.1, -0.05) is 18.5 Å². The van der Waals surface area contributed by atoms with Gasteiger partial charge in [-0.15, -0.1) is 11.8 Å². The van der Waals surface area contributed by atoms with Gasteiger partial charge >= 0.3 is 0 Å². The number of benzene rings is 1. The molecule has 1 atom stereocenters. The SMILES string of the molecule is CC1CNc2ccc(Cl)cc2S1. The predicted octanol–water partition coefficient (Wildman–Crippen LogP) is 3.25. The molecule has 0 spiro atoms. The summed E-state index contributed by atoms with van der Waals surface area (Å²) in [6.07, 6.45) is 0. The molecule has 2 rings (SSSR count). The van der Waals surface area contributed by atoms with Crippen molar-refractivity contribution in [1.29, 1.82) is 0 Å². The number of anilines is 1. The molecular weight excluding hydrogens is 190 g/mol. The summed E-state index contributed by atoms with van der Waals surface area (Å²) in [6.45, 7) is 3.25. The van der Waals surface area contributed by atoms with E-state index in [2.05, 4.69) is 12.2 Å². The number of fused-ring (bicyclic) bond motifs is 1. The highest BCUT2D eigenvalue weighted by atomic mass is 35.5. The quantitative estimate of drug-likeness (QED) is 0.689. The van der Waals surface area contributed by atoms with Crippen molar-refractivity contribution in [2.45, 2.75) is 17.1 Å². The second-order valence-corrected chi connectivity index (χ2v) is 4.87. The van der Waals surface area contributed by atoms with Crippen LogP contribution in [-0.2, 0) is 0 Å². The van der Waals surface area contributed by atoms with Crippen LogP contribution in [0.15, 0.2) is 23.1 Å². The third kappa shape index (κ3) is 1.54. The Bertz CT molecular complexity index is 301. The molecule has 1 aromatic rings. The van der Waals surface area contributed by atoms with Gasteiger partial charge in [0.1, 0.15) is 0 Å². The second-order valence-electron chi connectivity index (χ2n) is 2.95. The molecule has 0 aliphatic carbocycles. The Kier molecular flexibility index (Phi) is 2.20. The number of rotatable bonds is 0. The van der Waals surface area contributed by atoms with Gasteiger partial charge in [0.2, 0.25) is 0 Å².